The van der Waals surface area contributed by atoms with Gasteiger partial charge in [0.05, 0.1) is 33.4 Å². The Morgan fingerprint density at radius 3 is 2.47 bits per heavy atom. The van der Waals surface area contributed by atoms with Gasteiger partial charge in [-0.15, -0.1) is 0 Å². The van der Waals surface area contributed by atoms with Crippen LogP contribution in [-0.4, -0.2) is 113 Å². The fourth-order valence-electron chi connectivity index (χ4n) is 5.59. The van der Waals surface area contributed by atoms with Crippen molar-refractivity contribution in [1.29, 1.82) is 0 Å². The molecule has 10 atom stereocenters. The fourth-order valence-corrected chi connectivity index (χ4v) is 7.30. The third-order valence-corrected chi connectivity index (χ3v) is 9.31. The molecule has 22 nitrogen and oxygen atoms in total. The lowest BCUT2D eigenvalue weighted by Crippen LogP contribution is -2.38. The van der Waals surface area contributed by atoms with Crippen LogP contribution in [0.5, 0.6) is 0 Å². The SMILES string of the molecule is [BH3-]P1(=O)OC[C@H]2O[C@@H](n3cnc4c(N)ncnc43)[C@@H](O)C2OP(=O)(O)OC[C@H]2O[C@@H](n3cnc4c(=O)[nH]c(N)nc43)[C@@H](O1)C2OCC. The number of aliphatic hydroxyl groups excluding tert-OH is 1. The number of phosphoric acid groups is 1. The maximum atomic E-state index is 14.0. The van der Waals surface area contributed by atoms with Crippen LogP contribution < -0.4 is 17.0 Å². The van der Waals surface area contributed by atoms with Crippen LogP contribution in [0.25, 0.3) is 22.3 Å². The number of H-pyrrole nitrogens is 1. The van der Waals surface area contributed by atoms with E-state index in [1.165, 1.54) is 28.1 Å². The minimum Gasteiger partial charge on any atom is -0.386 e. The number of hydrogen-bond donors (Lipinski definition) is 5. The van der Waals surface area contributed by atoms with Crippen LogP contribution in [0.4, 0.5) is 11.8 Å². The number of anilines is 2. The van der Waals surface area contributed by atoms with Gasteiger partial charge >= 0.3 is 7.82 Å². The number of phosphoric ester groups is 1. The maximum absolute atomic E-state index is 14.0. The molecular formula is C22H30BN10O12P2-. The quantitative estimate of drug-likeness (QED) is 0.114. The molecule has 3 fully saturated rings. The highest BCUT2D eigenvalue weighted by Crippen LogP contribution is 2.54. The number of nitrogens with zero attached hydrogens (tertiary/aromatic N) is 7. The number of aromatic amines is 1. The average molecular weight is 699 g/mol. The second-order valence-corrected chi connectivity index (χ2v) is 12.6. The molecule has 0 aliphatic carbocycles. The van der Waals surface area contributed by atoms with E-state index in [1.54, 1.807) is 6.92 Å². The molecule has 3 saturated heterocycles. The molecule has 7 heterocycles. The second kappa shape index (κ2) is 12.0. The van der Waals surface area contributed by atoms with Crippen LogP contribution in [-0.2, 0) is 41.4 Å². The van der Waals surface area contributed by atoms with Gasteiger partial charge in [0.2, 0.25) is 5.95 Å². The number of aliphatic hydroxyl groups is 1. The number of imidazole rings is 2. The first-order valence-electron chi connectivity index (χ1n) is 13.7. The summed E-state index contributed by atoms with van der Waals surface area (Å²) in [6.07, 6.45) is -6.22. The highest BCUT2D eigenvalue weighted by atomic mass is 31.2. The molecule has 4 aromatic rings. The lowest BCUT2D eigenvalue weighted by atomic mass is 10.1. The summed E-state index contributed by atoms with van der Waals surface area (Å²) >= 11 is 0. The first kappa shape index (κ1) is 32.2. The van der Waals surface area contributed by atoms with E-state index in [-0.39, 0.29) is 40.7 Å². The Balaban J connectivity index is 1.23. The van der Waals surface area contributed by atoms with Crippen molar-refractivity contribution < 1.29 is 51.4 Å². The van der Waals surface area contributed by atoms with Gasteiger partial charge in [0.15, 0.2) is 35.1 Å². The van der Waals surface area contributed by atoms with E-state index in [2.05, 4.69) is 29.9 Å². The Labute approximate surface area is 264 Å². The molecule has 2 bridgehead atoms. The maximum Gasteiger partial charge on any atom is 0.472 e. The number of hydrogen-bond acceptors (Lipinski definition) is 18. The zero-order valence-corrected chi connectivity index (χ0v) is 25.4. The molecular weight excluding hydrogens is 669 g/mol. The first-order valence-corrected chi connectivity index (χ1v) is 16.3. The van der Waals surface area contributed by atoms with Crippen LogP contribution in [0, 0.1) is 0 Å². The third-order valence-electron chi connectivity index (χ3n) is 7.55. The van der Waals surface area contributed by atoms with Crippen molar-refractivity contribution in [3.8, 4) is 0 Å². The standard InChI is InChI=1S/C22H30BN10O12P2/c1-2-39-14-9-4-41-47(37,38)45-13-8(42-20(12(13)34)32-6-28-10-16(24)26-5-27-17(10)32)3-40-46(23,36)44-15(14)21(43-9)33-7-29-11-18(33)30-22(25)31-19(11)35/h5-9,12-15,20-21,34H,2-4H2,1,23H3,(H,37,38)(H2,24,26,27)(H3,25,30,31,35)/q-1/t8-,9-,12+,13?,14?,15+,20-,21-,46?/m1/s1. The highest BCUT2D eigenvalue weighted by Gasteiger charge is 2.53. The van der Waals surface area contributed by atoms with Gasteiger partial charge < -0.3 is 49.3 Å². The van der Waals surface area contributed by atoms with Gasteiger partial charge in [-0.3, -0.25) is 28.0 Å². The first-order chi connectivity index (χ1) is 22.4. The molecule has 7 N–H and O–H groups in total. The topological polar surface area (TPSA) is 298 Å². The Hall–Kier alpha value is -3.34. The van der Waals surface area contributed by atoms with Crippen molar-refractivity contribution in [1.82, 2.24) is 39.0 Å². The molecule has 0 aromatic carbocycles. The van der Waals surface area contributed by atoms with Crippen LogP contribution in [0.15, 0.2) is 23.8 Å². The lowest BCUT2D eigenvalue weighted by molar-refractivity contribution is -0.0651. The van der Waals surface area contributed by atoms with Crippen molar-refractivity contribution in [2.45, 2.75) is 56.0 Å². The molecule has 25 heteroatoms. The van der Waals surface area contributed by atoms with Gasteiger partial charge in [-0.05, 0) is 6.92 Å². The number of nitrogen functional groups attached to an aromatic ring is 2. The average Bonchev–Trinajstić information content (AvgIpc) is 3.76. The van der Waals surface area contributed by atoms with Crippen molar-refractivity contribution in [3.63, 3.8) is 0 Å². The summed E-state index contributed by atoms with van der Waals surface area (Å²) in [7, 11) is -9.99. The van der Waals surface area contributed by atoms with Crippen molar-refractivity contribution in [3.05, 3.63) is 29.3 Å². The van der Waals surface area contributed by atoms with E-state index >= 15 is 0 Å². The van der Waals surface area contributed by atoms with Gasteiger partial charge in [-0.25, -0.2) is 24.5 Å². The number of nitrogens with one attached hydrogen (secondary N) is 1. The largest absolute Gasteiger partial charge is 0.472 e. The van der Waals surface area contributed by atoms with E-state index in [1.807, 2.05) is 0 Å². The van der Waals surface area contributed by atoms with Crippen molar-refractivity contribution >= 4 is 57.0 Å². The highest BCUT2D eigenvalue weighted by molar-refractivity contribution is 7.79. The molecule has 47 heavy (non-hydrogen) atoms. The van der Waals surface area contributed by atoms with Crippen LogP contribution in [0.2, 0.25) is 0 Å². The molecule has 4 aromatic heterocycles. The van der Waals surface area contributed by atoms with E-state index < -0.39 is 90.7 Å². The van der Waals surface area contributed by atoms with E-state index in [9.17, 15) is 23.9 Å². The molecule has 0 amide bonds. The predicted molar refractivity (Wildman–Crippen MR) is 161 cm³/mol. The van der Waals surface area contributed by atoms with Crippen LogP contribution >= 0.6 is 15.3 Å². The minimum absolute atomic E-state index is 0.0409. The summed E-state index contributed by atoms with van der Waals surface area (Å²) in [5, 5.41) is 11.3. The van der Waals surface area contributed by atoms with Crippen LogP contribution in [0.3, 0.4) is 0 Å². The minimum atomic E-state index is -4.95. The lowest BCUT2D eigenvalue weighted by Gasteiger charge is -2.31. The summed E-state index contributed by atoms with van der Waals surface area (Å²) in [5.41, 5.74) is 11.5. The van der Waals surface area contributed by atoms with Crippen molar-refractivity contribution in [2.75, 3.05) is 31.3 Å². The molecule has 0 radical (unpaired) electrons. The number of rotatable bonds is 4. The second-order valence-electron chi connectivity index (χ2n) is 10.3. The number of ether oxygens (including phenoxy) is 3. The van der Waals surface area contributed by atoms with Crippen molar-refractivity contribution in [2.24, 2.45) is 0 Å². The fraction of sp³-hybridized carbons (Fsp3) is 0.545. The Bertz CT molecular complexity index is 1980. The Kier molecular flexibility index (Phi) is 8.21. The van der Waals surface area contributed by atoms with E-state index in [4.69, 9.17) is 43.8 Å². The third kappa shape index (κ3) is 5.87. The molecule has 4 unspecified atom stereocenters. The van der Waals surface area contributed by atoms with Crippen LogP contribution in [0.1, 0.15) is 19.4 Å². The Morgan fingerprint density at radius 1 is 1.00 bits per heavy atom. The number of aromatic nitrogens is 8. The van der Waals surface area contributed by atoms with E-state index in [0.29, 0.717) is 0 Å². The summed E-state index contributed by atoms with van der Waals surface area (Å²) < 4.78 is 71.0. The van der Waals surface area contributed by atoms with Gasteiger partial charge in [0.25, 0.3) is 5.56 Å². The number of fused-ring (bicyclic) bond motifs is 5. The molecule has 3 aliphatic rings. The number of nitrogens with two attached hydrogens (primary N) is 2. The smallest absolute Gasteiger partial charge is 0.386 e. The molecule has 3 aliphatic heterocycles. The monoisotopic (exact) mass is 699 g/mol. The van der Waals surface area contributed by atoms with Gasteiger partial charge in [0, 0.05) is 6.61 Å². The Morgan fingerprint density at radius 2 is 1.70 bits per heavy atom. The summed E-state index contributed by atoms with van der Waals surface area (Å²) in [6.45, 7) is 0.797. The van der Waals surface area contributed by atoms with Gasteiger partial charge in [-0.2, -0.15) is 4.98 Å². The molecule has 0 saturated carbocycles. The summed E-state index contributed by atoms with van der Waals surface area (Å²) in [4.78, 5) is 46.1. The summed E-state index contributed by atoms with van der Waals surface area (Å²) in [5.74, 6) is -0.0969. The molecule has 254 valence electrons. The van der Waals surface area contributed by atoms with E-state index in [0.717, 1.165) is 0 Å². The normalized spacial score (nSPS) is 36.6. The van der Waals surface area contributed by atoms with Gasteiger partial charge in [0.1, 0.15) is 55.9 Å². The zero-order chi connectivity index (χ0) is 33.2. The van der Waals surface area contributed by atoms with Gasteiger partial charge in [-0.1, -0.05) is 0 Å². The molecule has 0 spiro atoms. The predicted octanol–water partition coefficient (Wildman–Crippen LogP) is -1.92. The molecule has 7 rings (SSSR count). The zero-order valence-electron chi connectivity index (χ0n) is 23.6. The summed E-state index contributed by atoms with van der Waals surface area (Å²) in [6, 6.07) is 0.